The molecule has 1 atom stereocenters. The van der Waals surface area contributed by atoms with Crippen LogP contribution in [0.1, 0.15) is 91.9 Å². The molecule has 0 spiro atoms. The molecule has 0 aliphatic heterocycles. The van der Waals surface area contributed by atoms with Crippen molar-refractivity contribution in [1.82, 2.24) is 0 Å². The Morgan fingerprint density at radius 2 is 1.03 bits per heavy atom. The van der Waals surface area contributed by atoms with Gasteiger partial charge in [-0.2, -0.15) is 0 Å². The first-order chi connectivity index (χ1) is 16.6. The van der Waals surface area contributed by atoms with Gasteiger partial charge in [0.1, 0.15) is 0 Å². The van der Waals surface area contributed by atoms with Crippen LogP contribution in [0.25, 0.3) is 0 Å². The number of rotatable bonds is 18. The van der Waals surface area contributed by atoms with Gasteiger partial charge in [-0.15, -0.1) is 0 Å². The van der Waals surface area contributed by atoms with Crippen molar-refractivity contribution in [1.29, 1.82) is 0 Å². The van der Waals surface area contributed by atoms with E-state index in [-0.39, 0.29) is 0 Å². The predicted octanol–water partition coefficient (Wildman–Crippen LogP) is 8.73. The fourth-order valence-corrected chi connectivity index (χ4v) is 29.3. The summed E-state index contributed by atoms with van der Waals surface area (Å²) in [6.07, 6.45) is 13.5. The van der Waals surface area contributed by atoms with Gasteiger partial charge in [0.15, 0.2) is 0 Å². The molecule has 0 aliphatic carbocycles. The van der Waals surface area contributed by atoms with Gasteiger partial charge in [-0.05, 0) is 0 Å². The van der Waals surface area contributed by atoms with E-state index >= 15 is 0 Å². The van der Waals surface area contributed by atoms with Gasteiger partial charge in [0.05, 0.1) is 0 Å². The standard InChI is InChI=1S/C19H25OSi.3C4H9.Sn/c1-3-4-5-12-17-20-21(2,18-13-8-6-9-14-18)19-15-10-7-11-16-19;3*1-3-4-2;/h6-11,13-17H,3-5,12H2,1-2H3;3*1,3-4H2,2H3;. The van der Waals surface area contributed by atoms with Crippen molar-refractivity contribution in [3.05, 3.63) is 60.7 Å². The van der Waals surface area contributed by atoms with Crippen molar-refractivity contribution in [2.45, 2.75) is 116 Å². The summed E-state index contributed by atoms with van der Waals surface area (Å²) in [5.74, 6) is 0. The maximum absolute atomic E-state index is 7.75. The average Bonchev–Trinajstić information content (AvgIpc) is 2.89. The number of hydrogen-bond acceptors (Lipinski definition) is 1. The van der Waals surface area contributed by atoms with Crippen molar-refractivity contribution in [2.75, 3.05) is 0 Å². The zero-order chi connectivity index (χ0) is 24.7. The van der Waals surface area contributed by atoms with Gasteiger partial charge >= 0.3 is 218 Å². The van der Waals surface area contributed by atoms with E-state index in [1.807, 2.05) is 0 Å². The normalized spacial score (nSPS) is 13.2. The summed E-state index contributed by atoms with van der Waals surface area (Å²) < 4.78 is 12.9. The molecule has 0 saturated carbocycles. The fraction of sp³-hybridized carbons (Fsp3) is 0.613. The molecule has 3 heteroatoms. The summed E-state index contributed by atoms with van der Waals surface area (Å²) in [5.41, 5.74) is 0. The zero-order valence-electron chi connectivity index (χ0n) is 23.0. The Labute approximate surface area is 217 Å². The quantitative estimate of drug-likeness (QED) is 0.125. The van der Waals surface area contributed by atoms with Crippen LogP contribution in [0, 0.1) is 0 Å². The summed E-state index contributed by atoms with van der Waals surface area (Å²) in [6, 6.07) is 22.5. The van der Waals surface area contributed by atoms with E-state index in [9.17, 15) is 0 Å². The van der Waals surface area contributed by atoms with E-state index in [0.29, 0.717) is 4.12 Å². The zero-order valence-corrected chi connectivity index (χ0v) is 26.8. The van der Waals surface area contributed by atoms with E-state index in [2.05, 4.69) is 94.9 Å². The van der Waals surface area contributed by atoms with Crippen LogP contribution in [-0.2, 0) is 4.43 Å². The molecule has 0 fully saturated rings. The van der Waals surface area contributed by atoms with Gasteiger partial charge in [0, 0.05) is 0 Å². The monoisotopic (exact) mass is 588 g/mol. The molecule has 1 nitrogen and oxygen atoms in total. The van der Waals surface area contributed by atoms with E-state index in [4.69, 9.17) is 4.43 Å². The summed E-state index contributed by atoms with van der Waals surface area (Å²) in [4.78, 5) is 0. The van der Waals surface area contributed by atoms with Gasteiger partial charge in [0.2, 0.25) is 0 Å². The predicted molar refractivity (Wildman–Crippen MR) is 158 cm³/mol. The fourth-order valence-electron chi connectivity index (χ4n) is 5.61. The molecular weight excluding hydrogens is 535 g/mol. The Morgan fingerprint density at radius 1 is 0.618 bits per heavy atom. The molecule has 2 rings (SSSR count). The molecule has 1 unspecified atom stereocenters. The van der Waals surface area contributed by atoms with Crippen LogP contribution < -0.4 is 10.4 Å². The van der Waals surface area contributed by atoms with Crippen LogP contribution in [0.2, 0.25) is 19.9 Å². The van der Waals surface area contributed by atoms with Crippen molar-refractivity contribution < 1.29 is 4.43 Å². The minimum absolute atomic E-state index is 0.544. The summed E-state index contributed by atoms with van der Waals surface area (Å²) in [7, 11) is -2.30. The number of benzene rings is 2. The van der Waals surface area contributed by atoms with Crippen LogP contribution in [-0.4, -0.2) is 30.8 Å². The molecule has 0 N–H and O–H groups in total. The summed E-state index contributed by atoms with van der Waals surface area (Å²) in [6.45, 7) is 12.0. The van der Waals surface area contributed by atoms with Gasteiger partial charge in [-0.25, -0.2) is 0 Å². The molecule has 0 amide bonds. The Morgan fingerprint density at radius 3 is 1.41 bits per heavy atom. The Balaban J connectivity index is 2.56. The Bertz CT molecular complexity index is 702. The third-order valence-corrected chi connectivity index (χ3v) is 28.8. The van der Waals surface area contributed by atoms with Gasteiger partial charge < -0.3 is 0 Å². The molecule has 0 aromatic heterocycles. The third-order valence-electron chi connectivity index (χ3n) is 7.86. The van der Waals surface area contributed by atoms with Crippen LogP contribution in [0.3, 0.4) is 0 Å². The SMILES string of the molecule is CCCCC[CH](O[Si](C)(c1ccccc1)c1ccccc1)[Sn]([CH2]CCC)([CH2]CCC)[CH2]CCC. The van der Waals surface area contributed by atoms with Crippen molar-refractivity contribution in [3.8, 4) is 0 Å². The maximum atomic E-state index is 7.75. The van der Waals surface area contributed by atoms with Crippen molar-refractivity contribution >= 4 is 37.1 Å². The van der Waals surface area contributed by atoms with Crippen LogP contribution in [0.4, 0.5) is 0 Å². The van der Waals surface area contributed by atoms with E-state index in [1.165, 1.54) is 87.9 Å². The summed E-state index contributed by atoms with van der Waals surface area (Å²) >= 11 is -2.57. The molecular formula is C31H52OSiSn. The number of hydrogen-bond donors (Lipinski definition) is 0. The first kappa shape index (κ1) is 29.6. The molecule has 2 aromatic rings. The van der Waals surface area contributed by atoms with Gasteiger partial charge in [0.25, 0.3) is 0 Å². The third kappa shape index (κ3) is 8.52. The van der Waals surface area contributed by atoms with E-state index in [0.717, 1.165) is 0 Å². The van der Waals surface area contributed by atoms with Crippen molar-refractivity contribution in [3.63, 3.8) is 0 Å². The Kier molecular flexibility index (Phi) is 14.1. The number of unbranched alkanes of at least 4 members (excludes halogenated alkanes) is 5. The molecule has 2 aromatic carbocycles. The summed E-state index contributed by atoms with van der Waals surface area (Å²) in [5, 5.41) is 2.87. The van der Waals surface area contributed by atoms with Crippen LogP contribution in [0.5, 0.6) is 0 Å². The first-order valence-electron chi connectivity index (χ1n) is 14.3. The average molecular weight is 588 g/mol. The molecule has 0 heterocycles. The second-order valence-electron chi connectivity index (χ2n) is 10.5. The molecule has 0 bridgehead atoms. The molecule has 34 heavy (non-hydrogen) atoms. The van der Waals surface area contributed by atoms with Crippen LogP contribution in [0.15, 0.2) is 60.7 Å². The van der Waals surface area contributed by atoms with Crippen LogP contribution >= 0.6 is 0 Å². The van der Waals surface area contributed by atoms with Gasteiger partial charge in [-0.1, -0.05) is 0 Å². The van der Waals surface area contributed by atoms with E-state index < -0.39 is 26.7 Å². The second-order valence-corrected chi connectivity index (χ2v) is 27.9. The topological polar surface area (TPSA) is 9.23 Å². The van der Waals surface area contributed by atoms with Gasteiger partial charge in [-0.3, -0.25) is 0 Å². The minimum atomic E-state index is -2.57. The molecule has 0 saturated heterocycles. The Hall–Kier alpha value is -0.584. The second kappa shape index (κ2) is 16.2. The molecule has 190 valence electrons. The molecule has 0 radical (unpaired) electrons. The van der Waals surface area contributed by atoms with Crippen molar-refractivity contribution in [2.24, 2.45) is 0 Å². The first-order valence-corrected chi connectivity index (χ1v) is 24.5. The van der Waals surface area contributed by atoms with E-state index in [1.54, 1.807) is 0 Å². The molecule has 0 aliphatic rings.